The van der Waals surface area contributed by atoms with Gasteiger partial charge in [0.1, 0.15) is 17.4 Å². The van der Waals surface area contributed by atoms with E-state index in [2.05, 4.69) is 20.9 Å². The minimum atomic E-state index is -0.348. The second-order valence-corrected chi connectivity index (χ2v) is 5.55. The van der Waals surface area contributed by atoms with Gasteiger partial charge in [0.15, 0.2) is 0 Å². The third-order valence-corrected chi connectivity index (χ3v) is 4.06. The number of benzene rings is 2. The highest BCUT2D eigenvalue weighted by atomic mass is 79.9. The number of imidazole rings is 1. The molecule has 0 spiro atoms. The molecule has 3 nitrogen and oxygen atoms in total. The van der Waals surface area contributed by atoms with Gasteiger partial charge < -0.3 is 4.74 Å². The van der Waals surface area contributed by atoms with E-state index in [0.29, 0.717) is 27.1 Å². The van der Waals surface area contributed by atoms with Crippen LogP contribution in [0.3, 0.4) is 0 Å². The molecule has 1 heterocycles. The van der Waals surface area contributed by atoms with Crippen LogP contribution in [0.2, 0.25) is 0 Å². The monoisotopic (exact) mass is 368 g/mol. The zero-order valence-electron chi connectivity index (χ0n) is 11.1. The normalized spacial score (nSPS) is 11.0. The molecule has 108 valence electrons. The summed E-state index contributed by atoms with van der Waals surface area (Å²) in [5, 5.41) is 0. The average Bonchev–Trinajstić information content (AvgIpc) is 2.85. The zero-order valence-corrected chi connectivity index (χ0v) is 13.4. The smallest absolute Gasteiger partial charge is 0.142 e. The molecule has 0 aliphatic carbocycles. The number of hydrogen-bond acceptors (Lipinski definition) is 2. The summed E-state index contributed by atoms with van der Waals surface area (Å²) >= 11 is 9.17. The van der Waals surface area contributed by atoms with Crippen LogP contribution >= 0.6 is 27.5 Å². The van der Waals surface area contributed by atoms with Crippen molar-refractivity contribution in [1.82, 2.24) is 9.55 Å². The quantitative estimate of drug-likeness (QED) is 0.627. The van der Waals surface area contributed by atoms with Crippen LogP contribution in [0.4, 0.5) is 4.39 Å². The second kappa shape index (κ2) is 5.66. The number of aromatic nitrogens is 2. The second-order valence-electron chi connectivity index (χ2n) is 4.42. The Labute approximate surface area is 134 Å². The molecule has 6 heteroatoms. The van der Waals surface area contributed by atoms with Gasteiger partial charge in [0.25, 0.3) is 0 Å². The van der Waals surface area contributed by atoms with Gasteiger partial charge in [-0.25, -0.2) is 9.37 Å². The van der Waals surface area contributed by atoms with Gasteiger partial charge >= 0.3 is 0 Å². The number of methoxy groups -OCH3 is 1. The van der Waals surface area contributed by atoms with Crippen molar-refractivity contribution in [1.29, 1.82) is 0 Å². The minimum absolute atomic E-state index is 0.214. The van der Waals surface area contributed by atoms with E-state index in [1.54, 1.807) is 13.2 Å². The Balaban J connectivity index is 2.37. The maximum atomic E-state index is 13.9. The largest absolute Gasteiger partial charge is 0.495 e. The number of para-hydroxylation sites is 2. The predicted octanol–water partition coefficient (Wildman–Crippen LogP) is 4.67. The first-order valence-electron chi connectivity index (χ1n) is 6.21. The molecule has 0 aliphatic rings. The molecule has 0 radical (unpaired) electrons. The number of ether oxygens (including phenoxy) is 1. The van der Waals surface area contributed by atoms with E-state index in [1.165, 1.54) is 6.07 Å². The fourth-order valence-corrected chi connectivity index (χ4v) is 2.81. The summed E-state index contributed by atoms with van der Waals surface area (Å²) in [7, 11) is 1.59. The molecule has 1 aromatic heterocycles. The Morgan fingerprint density at radius 3 is 2.81 bits per heavy atom. The van der Waals surface area contributed by atoms with Crippen LogP contribution in [-0.2, 0) is 5.88 Å². The number of alkyl halides is 1. The summed E-state index contributed by atoms with van der Waals surface area (Å²) in [5.74, 6) is 1.17. The highest BCUT2D eigenvalue weighted by Crippen LogP contribution is 2.31. The van der Waals surface area contributed by atoms with Gasteiger partial charge in [-0.05, 0) is 34.1 Å². The summed E-state index contributed by atoms with van der Waals surface area (Å²) in [4.78, 5) is 4.46. The Hall–Kier alpha value is -1.59. The number of rotatable bonds is 3. The molecule has 2 aromatic carbocycles. The highest BCUT2D eigenvalue weighted by Gasteiger charge is 2.16. The van der Waals surface area contributed by atoms with Gasteiger partial charge in [-0.1, -0.05) is 12.1 Å². The lowest BCUT2D eigenvalue weighted by Crippen LogP contribution is -2.02. The van der Waals surface area contributed by atoms with E-state index >= 15 is 0 Å². The van der Waals surface area contributed by atoms with Crippen molar-refractivity contribution in [2.24, 2.45) is 0 Å². The third kappa shape index (κ3) is 2.40. The van der Waals surface area contributed by atoms with E-state index in [9.17, 15) is 4.39 Å². The summed E-state index contributed by atoms with van der Waals surface area (Å²) in [5.41, 5.74) is 2.10. The van der Waals surface area contributed by atoms with Crippen molar-refractivity contribution in [2.75, 3.05) is 7.11 Å². The molecule has 3 aromatic rings. The Kier molecular flexibility index (Phi) is 3.87. The molecule has 0 N–H and O–H groups in total. The number of fused-ring (bicyclic) bond motifs is 1. The van der Waals surface area contributed by atoms with E-state index in [4.69, 9.17) is 16.3 Å². The van der Waals surface area contributed by atoms with Crippen molar-refractivity contribution in [3.05, 3.63) is 52.5 Å². The highest BCUT2D eigenvalue weighted by molar-refractivity contribution is 9.10. The summed E-state index contributed by atoms with van der Waals surface area (Å²) in [6.45, 7) is 0. The Morgan fingerprint density at radius 1 is 1.33 bits per heavy atom. The Bertz CT molecular complexity index is 819. The first-order valence-corrected chi connectivity index (χ1v) is 7.54. The lowest BCUT2D eigenvalue weighted by atomic mass is 10.2. The topological polar surface area (TPSA) is 27.1 Å². The van der Waals surface area contributed by atoms with Gasteiger partial charge in [0, 0.05) is 6.07 Å². The van der Waals surface area contributed by atoms with Crippen molar-refractivity contribution >= 4 is 38.6 Å². The van der Waals surface area contributed by atoms with Gasteiger partial charge in [-0.3, -0.25) is 4.57 Å². The maximum Gasteiger partial charge on any atom is 0.142 e. The third-order valence-electron chi connectivity index (χ3n) is 3.21. The van der Waals surface area contributed by atoms with Crippen LogP contribution in [0.25, 0.3) is 16.7 Å². The van der Waals surface area contributed by atoms with Crippen LogP contribution in [0.5, 0.6) is 5.75 Å². The molecule has 21 heavy (non-hydrogen) atoms. The summed E-state index contributed by atoms with van der Waals surface area (Å²) < 4.78 is 21.5. The average molecular weight is 370 g/mol. The van der Waals surface area contributed by atoms with Gasteiger partial charge in [-0.2, -0.15) is 0 Å². The molecule has 0 unspecified atom stereocenters. The fourth-order valence-electron chi connectivity index (χ4n) is 2.30. The van der Waals surface area contributed by atoms with Crippen LogP contribution in [0, 0.1) is 5.82 Å². The van der Waals surface area contributed by atoms with Gasteiger partial charge in [0.2, 0.25) is 0 Å². The van der Waals surface area contributed by atoms with Gasteiger partial charge in [0.05, 0.1) is 34.2 Å². The Morgan fingerprint density at radius 2 is 2.10 bits per heavy atom. The van der Waals surface area contributed by atoms with Crippen LogP contribution in [0.1, 0.15) is 5.82 Å². The number of hydrogen-bond donors (Lipinski definition) is 0. The van der Waals surface area contributed by atoms with E-state index < -0.39 is 0 Å². The molecule has 0 fully saturated rings. The minimum Gasteiger partial charge on any atom is -0.495 e. The summed E-state index contributed by atoms with van der Waals surface area (Å²) in [6.07, 6.45) is 0. The number of nitrogens with zero attached hydrogens (tertiary/aromatic N) is 2. The van der Waals surface area contributed by atoms with Gasteiger partial charge in [-0.15, -0.1) is 11.6 Å². The van der Waals surface area contributed by atoms with Crippen molar-refractivity contribution in [3.8, 4) is 11.4 Å². The molecule has 0 aliphatic heterocycles. The van der Waals surface area contributed by atoms with Crippen molar-refractivity contribution < 1.29 is 9.13 Å². The van der Waals surface area contributed by atoms with Crippen molar-refractivity contribution in [2.45, 2.75) is 5.88 Å². The first-order chi connectivity index (χ1) is 10.2. The first kappa shape index (κ1) is 14.4. The van der Waals surface area contributed by atoms with E-state index in [-0.39, 0.29) is 11.7 Å². The zero-order chi connectivity index (χ0) is 15.0. The summed E-state index contributed by atoms with van der Waals surface area (Å²) in [6, 6.07) is 10.6. The standard InChI is InChI=1S/C15H11BrClFN2O/c1-21-14-5-3-2-4-12(14)20-13-7-10(18)9(16)6-11(13)19-15(20)8-17/h2-7H,8H2,1H3. The molecule has 0 saturated carbocycles. The maximum absolute atomic E-state index is 13.9. The van der Waals surface area contributed by atoms with Crippen molar-refractivity contribution in [3.63, 3.8) is 0 Å². The van der Waals surface area contributed by atoms with E-state index in [1.807, 2.05) is 28.8 Å². The molecule has 0 bridgehead atoms. The molecular formula is C15H11BrClFN2O. The molecule has 0 saturated heterocycles. The molecule has 3 rings (SSSR count). The molecule has 0 atom stereocenters. The molecule has 0 amide bonds. The SMILES string of the molecule is COc1ccccc1-n1c(CCl)nc2cc(Br)c(F)cc21. The lowest BCUT2D eigenvalue weighted by molar-refractivity contribution is 0.413. The molecular weight excluding hydrogens is 359 g/mol. The van der Waals surface area contributed by atoms with E-state index in [0.717, 1.165) is 5.69 Å². The van der Waals surface area contributed by atoms with Crippen LogP contribution in [0.15, 0.2) is 40.9 Å². The van der Waals surface area contributed by atoms with Crippen LogP contribution in [-0.4, -0.2) is 16.7 Å². The lowest BCUT2D eigenvalue weighted by Gasteiger charge is -2.12. The fraction of sp³-hybridized carbons (Fsp3) is 0.133. The predicted molar refractivity (Wildman–Crippen MR) is 84.8 cm³/mol. The number of halogens is 3. The van der Waals surface area contributed by atoms with Crippen LogP contribution < -0.4 is 4.74 Å².